The van der Waals surface area contributed by atoms with Gasteiger partial charge in [0.15, 0.2) is 28.3 Å². The number of fused-ring (bicyclic) bond motifs is 1. The van der Waals surface area contributed by atoms with Crippen molar-refractivity contribution in [3.8, 4) is 12.3 Å². The van der Waals surface area contributed by atoms with Gasteiger partial charge in [0.2, 0.25) is 5.82 Å². The van der Waals surface area contributed by atoms with Gasteiger partial charge in [-0.1, -0.05) is 40.7 Å². The van der Waals surface area contributed by atoms with Crippen molar-refractivity contribution in [3.05, 3.63) is 53.1 Å². The Morgan fingerprint density at radius 2 is 1.93 bits per heavy atom. The third-order valence-electron chi connectivity index (χ3n) is 7.17. The highest BCUT2D eigenvalue weighted by atomic mass is 19.3. The maximum atomic E-state index is 15.6. The lowest BCUT2D eigenvalue weighted by atomic mass is 10.0. The van der Waals surface area contributed by atoms with Gasteiger partial charge in [-0.2, -0.15) is 19.0 Å². The first kappa shape index (κ1) is 28.1. The lowest BCUT2D eigenvalue weighted by molar-refractivity contribution is 0.0256. The molecule has 0 spiro atoms. The largest absolute Gasteiger partial charge is 0.350 e. The summed E-state index contributed by atoms with van der Waals surface area (Å²) in [4.78, 5) is 22.1. The molecule has 17 heteroatoms. The van der Waals surface area contributed by atoms with E-state index in [1.165, 1.54) is 29.2 Å². The predicted molar refractivity (Wildman–Crippen MR) is 140 cm³/mol. The quantitative estimate of drug-likeness (QED) is 0.203. The maximum Gasteiger partial charge on any atom is 0.331 e. The van der Waals surface area contributed by atoms with Crippen molar-refractivity contribution in [3.63, 3.8) is 0 Å². The van der Waals surface area contributed by atoms with E-state index in [4.69, 9.17) is 11.1 Å². The van der Waals surface area contributed by atoms with E-state index in [1.807, 2.05) is 0 Å². The summed E-state index contributed by atoms with van der Waals surface area (Å²) in [5.41, 5.74) is -1.39. The molecule has 0 bridgehead atoms. The van der Waals surface area contributed by atoms with Gasteiger partial charge in [0.05, 0.1) is 13.1 Å². The Kier molecular flexibility index (Phi) is 6.98. The second kappa shape index (κ2) is 10.7. The van der Waals surface area contributed by atoms with Gasteiger partial charge in [-0.3, -0.25) is 4.79 Å². The average Bonchev–Trinajstić information content (AvgIpc) is 3.27. The van der Waals surface area contributed by atoms with Crippen LogP contribution in [0.15, 0.2) is 45.2 Å². The number of nitrogens with one attached hydrogen (secondary N) is 1. The molecular formula is C26H23F4N11O2. The number of amides is 1. The van der Waals surface area contributed by atoms with Gasteiger partial charge >= 0.3 is 5.92 Å². The molecule has 43 heavy (non-hydrogen) atoms. The van der Waals surface area contributed by atoms with Crippen LogP contribution in [0.1, 0.15) is 53.3 Å². The van der Waals surface area contributed by atoms with Crippen LogP contribution >= 0.6 is 0 Å². The number of carbonyl (C=O) groups is 1. The van der Waals surface area contributed by atoms with Crippen LogP contribution < -0.4 is 10.2 Å². The number of carbonyl (C=O) groups excluding carboxylic acids is 1. The normalized spacial score (nSPS) is 16.9. The molecule has 1 aromatic carbocycles. The van der Waals surface area contributed by atoms with Crippen LogP contribution in [0.25, 0.3) is 11.2 Å². The summed E-state index contributed by atoms with van der Waals surface area (Å²) in [5.74, 6) is -5.93. The van der Waals surface area contributed by atoms with Crippen LogP contribution in [0.4, 0.5) is 23.4 Å². The summed E-state index contributed by atoms with van der Waals surface area (Å²) in [6.45, 7) is -0.957. The minimum absolute atomic E-state index is 0.0105. The molecule has 0 saturated carbocycles. The fraction of sp³-hybridized carbons (Fsp3) is 0.423. The molecular weight excluding hydrogens is 574 g/mol. The van der Waals surface area contributed by atoms with Crippen LogP contribution in [-0.2, 0) is 12.5 Å². The Morgan fingerprint density at radius 3 is 2.63 bits per heavy atom. The molecule has 1 fully saturated rings. The second-order valence-corrected chi connectivity index (χ2v) is 10.2. The molecule has 1 N–H and O–H groups in total. The number of halogens is 4. The van der Waals surface area contributed by atoms with Crippen molar-refractivity contribution in [2.45, 2.75) is 49.7 Å². The zero-order valence-corrected chi connectivity index (χ0v) is 22.4. The number of terminal acetylenes is 1. The summed E-state index contributed by atoms with van der Waals surface area (Å²) in [5, 5.41) is 26.2. The third kappa shape index (κ3) is 5.59. The Bertz CT molecular complexity index is 1730. The highest BCUT2D eigenvalue weighted by Crippen LogP contribution is 2.38. The highest BCUT2D eigenvalue weighted by Gasteiger charge is 2.43. The van der Waals surface area contributed by atoms with Gasteiger partial charge in [-0.15, -0.1) is 17.4 Å². The van der Waals surface area contributed by atoms with Crippen LogP contribution in [0.3, 0.4) is 0 Å². The molecule has 0 unspecified atom stereocenters. The van der Waals surface area contributed by atoms with E-state index in [0.29, 0.717) is 19.3 Å². The minimum Gasteiger partial charge on any atom is -0.350 e. The molecule has 4 aromatic rings. The van der Waals surface area contributed by atoms with E-state index >= 15 is 8.78 Å². The lowest BCUT2D eigenvalue weighted by Crippen LogP contribution is -2.29. The van der Waals surface area contributed by atoms with Gasteiger partial charge in [-0.25, -0.2) is 28.1 Å². The average molecular weight is 598 g/mol. The molecule has 13 nitrogen and oxygen atoms in total. The summed E-state index contributed by atoms with van der Waals surface area (Å²) in [6.07, 6.45) is 6.32. The monoisotopic (exact) mass is 597 g/mol. The lowest BCUT2D eigenvalue weighted by Gasteiger charge is -2.20. The molecule has 2 aliphatic heterocycles. The van der Waals surface area contributed by atoms with E-state index < -0.39 is 47.8 Å². The topological polar surface area (TPSA) is 152 Å². The van der Waals surface area contributed by atoms with Crippen molar-refractivity contribution in [2.75, 3.05) is 24.5 Å². The van der Waals surface area contributed by atoms with Crippen LogP contribution in [-0.4, -0.2) is 72.4 Å². The Hall–Kier alpha value is -5.01. The van der Waals surface area contributed by atoms with Gasteiger partial charge in [0.25, 0.3) is 11.8 Å². The molecule has 2 aliphatic rings. The molecule has 3 aromatic heterocycles. The van der Waals surface area contributed by atoms with E-state index in [2.05, 4.69) is 52.1 Å². The second-order valence-electron chi connectivity index (χ2n) is 10.2. The number of hydrogen-bond acceptors (Lipinski definition) is 11. The van der Waals surface area contributed by atoms with E-state index in [9.17, 15) is 13.6 Å². The Balaban J connectivity index is 1.29. The summed E-state index contributed by atoms with van der Waals surface area (Å²) in [7, 11) is 0. The summed E-state index contributed by atoms with van der Waals surface area (Å²) in [6, 6.07) is 6.87. The summed E-state index contributed by atoms with van der Waals surface area (Å²) >= 11 is 0. The van der Waals surface area contributed by atoms with Crippen molar-refractivity contribution in [2.24, 2.45) is 10.2 Å². The first-order valence-corrected chi connectivity index (χ1v) is 13.3. The highest BCUT2D eigenvalue weighted by molar-refractivity contribution is 5.93. The van der Waals surface area contributed by atoms with Crippen LogP contribution in [0.2, 0.25) is 0 Å². The zero-order valence-electron chi connectivity index (χ0n) is 22.4. The van der Waals surface area contributed by atoms with E-state index in [0.717, 1.165) is 4.68 Å². The van der Waals surface area contributed by atoms with Gasteiger partial charge in [0, 0.05) is 44.3 Å². The standard InChI is InChI=1S/C26H23F4N11O2/c1-2-3-9-25(37-38-25)10-12-31-22(42)18-17(35-43-36-18)14-41-21-19(34-39-41)20(40-13-11-24(27,28)15-40)32-23(33-21)26(29,30)16-7-5-4-6-8-16/h1,4-8H,3,9-15H2,(H,31,42). The first-order chi connectivity index (χ1) is 20.6. The van der Waals surface area contributed by atoms with E-state index in [1.54, 1.807) is 6.07 Å². The smallest absolute Gasteiger partial charge is 0.331 e. The minimum atomic E-state index is -3.68. The van der Waals surface area contributed by atoms with Gasteiger partial charge in [-0.05, 0) is 5.16 Å². The number of hydrogen-bond donors (Lipinski definition) is 1. The molecule has 222 valence electrons. The third-order valence-corrected chi connectivity index (χ3v) is 7.17. The molecule has 0 aliphatic carbocycles. The number of aromatic nitrogens is 7. The number of benzene rings is 1. The fourth-order valence-electron chi connectivity index (χ4n) is 4.76. The number of anilines is 1. The van der Waals surface area contributed by atoms with Gasteiger partial charge < -0.3 is 10.2 Å². The SMILES string of the molecule is C#CCCC1(CCNC(=O)c2nonc2Cn2nnc3c(N4CCC(F)(F)C4)nc(C(F)(F)c4ccccc4)nc32)N=N1. The number of rotatable bonds is 11. The molecule has 5 heterocycles. The van der Waals surface area contributed by atoms with Crippen molar-refractivity contribution in [1.82, 2.24) is 40.6 Å². The van der Waals surface area contributed by atoms with Crippen LogP contribution in [0.5, 0.6) is 0 Å². The van der Waals surface area contributed by atoms with Crippen molar-refractivity contribution in [1.29, 1.82) is 0 Å². The van der Waals surface area contributed by atoms with E-state index in [-0.39, 0.29) is 48.0 Å². The fourth-order valence-corrected chi connectivity index (χ4v) is 4.76. The summed E-state index contributed by atoms with van der Waals surface area (Å²) < 4.78 is 65.4. The first-order valence-electron chi connectivity index (χ1n) is 13.3. The zero-order chi connectivity index (χ0) is 30.2. The molecule has 6 rings (SSSR count). The van der Waals surface area contributed by atoms with Gasteiger partial charge in [0.1, 0.15) is 5.69 Å². The van der Waals surface area contributed by atoms with Crippen molar-refractivity contribution < 1.29 is 27.0 Å². The molecule has 1 saturated heterocycles. The van der Waals surface area contributed by atoms with Crippen LogP contribution in [0, 0.1) is 12.3 Å². The molecule has 1 amide bonds. The maximum absolute atomic E-state index is 15.6. The molecule has 0 radical (unpaired) electrons. The predicted octanol–water partition coefficient (Wildman–Crippen LogP) is 3.33. The Morgan fingerprint density at radius 1 is 1.14 bits per heavy atom. The van der Waals surface area contributed by atoms with Crippen molar-refractivity contribution >= 4 is 22.9 Å². The number of alkyl halides is 4. The molecule has 0 atom stereocenters. The Labute approximate surface area is 240 Å². The number of nitrogens with zero attached hydrogens (tertiary/aromatic N) is 10.